The average molecular weight is 270 g/mol. The van der Waals surface area contributed by atoms with E-state index >= 15 is 0 Å². The average Bonchev–Trinajstić information content (AvgIpc) is 2.44. The predicted molar refractivity (Wildman–Crippen MR) is 83.4 cm³/mol. The molecule has 0 bridgehead atoms. The molecule has 0 fully saturated rings. The summed E-state index contributed by atoms with van der Waals surface area (Å²) in [6.07, 6.45) is 3.65. The number of hydrogen-bond donors (Lipinski definition) is 1. The molecule has 1 heterocycles. The van der Waals surface area contributed by atoms with Gasteiger partial charge in [-0.25, -0.2) is 4.98 Å². The van der Waals surface area contributed by atoms with E-state index in [1.807, 2.05) is 19.4 Å². The Morgan fingerprint density at radius 1 is 1.05 bits per heavy atom. The molecule has 2 aromatic rings. The second kappa shape index (κ2) is 6.48. The van der Waals surface area contributed by atoms with Gasteiger partial charge in [-0.05, 0) is 43.7 Å². The van der Waals surface area contributed by atoms with Crippen molar-refractivity contribution in [1.29, 1.82) is 0 Å². The third kappa shape index (κ3) is 3.54. The van der Waals surface area contributed by atoms with E-state index in [0.29, 0.717) is 0 Å². The van der Waals surface area contributed by atoms with Gasteiger partial charge in [0.1, 0.15) is 0 Å². The number of anilines is 2. The van der Waals surface area contributed by atoms with Crippen molar-refractivity contribution in [3.05, 3.63) is 47.4 Å². The van der Waals surface area contributed by atoms with Crippen LogP contribution >= 0.6 is 0 Å². The van der Waals surface area contributed by atoms with Gasteiger partial charge in [0, 0.05) is 19.3 Å². The lowest BCUT2D eigenvalue weighted by molar-refractivity contribution is 0.707. The molecule has 20 heavy (non-hydrogen) atoms. The number of rotatable bonds is 5. The monoisotopic (exact) mass is 270 g/mol. The second-order valence-electron chi connectivity index (χ2n) is 5.05. The van der Waals surface area contributed by atoms with E-state index in [0.717, 1.165) is 30.3 Å². The molecule has 1 aromatic carbocycles. The van der Waals surface area contributed by atoms with Crippen molar-refractivity contribution < 1.29 is 0 Å². The predicted octanol–water partition coefficient (Wildman–Crippen LogP) is 2.97. The van der Waals surface area contributed by atoms with Crippen molar-refractivity contribution in [2.45, 2.75) is 27.3 Å². The molecule has 0 saturated carbocycles. The van der Waals surface area contributed by atoms with Gasteiger partial charge in [-0.2, -0.15) is 0 Å². The largest absolute Gasteiger partial charge is 0.328 e. The summed E-state index contributed by atoms with van der Waals surface area (Å²) in [5.74, 6) is 0.857. The fourth-order valence-electron chi connectivity index (χ4n) is 2.14. The molecule has 0 spiro atoms. The molecule has 4 nitrogen and oxygen atoms in total. The number of nitrogens with one attached hydrogen (secondary N) is 1. The molecule has 0 amide bonds. The zero-order valence-electron chi connectivity index (χ0n) is 12.6. The number of hydrogen-bond acceptors (Lipinski definition) is 4. The lowest BCUT2D eigenvalue weighted by atomic mass is 10.1. The van der Waals surface area contributed by atoms with E-state index < -0.39 is 0 Å². The zero-order valence-corrected chi connectivity index (χ0v) is 12.6. The summed E-state index contributed by atoms with van der Waals surface area (Å²) in [6, 6.07) is 6.48. The first-order valence-corrected chi connectivity index (χ1v) is 6.94. The van der Waals surface area contributed by atoms with Gasteiger partial charge in [0.2, 0.25) is 0 Å². The van der Waals surface area contributed by atoms with Crippen LogP contribution in [0.3, 0.4) is 0 Å². The van der Waals surface area contributed by atoms with E-state index in [1.54, 1.807) is 0 Å². The molecule has 0 aliphatic heterocycles. The maximum absolute atomic E-state index is 4.49. The summed E-state index contributed by atoms with van der Waals surface area (Å²) in [5, 5.41) is 3.24. The highest BCUT2D eigenvalue weighted by molar-refractivity contribution is 5.60. The van der Waals surface area contributed by atoms with E-state index in [-0.39, 0.29) is 0 Å². The van der Waals surface area contributed by atoms with Crippen LogP contribution in [-0.2, 0) is 6.54 Å². The van der Waals surface area contributed by atoms with Crippen molar-refractivity contribution >= 4 is 11.5 Å². The highest BCUT2D eigenvalue weighted by atomic mass is 15.2. The minimum atomic E-state index is 0.761. The van der Waals surface area contributed by atoms with Gasteiger partial charge in [-0.3, -0.25) is 4.98 Å². The molecule has 0 atom stereocenters. The molecule has 2 rings (SSSR count). The summed E-state index contributed by atoms with van der Waals surface area (Å²) < 4.78 is 0. The number of nitrogens with zero attached hydrogens (tertiary/aromatic N) is 3. The highest BCUT2D eigenvalue weighted by Gasteiger charge is 2.07. The summed E-state index contributed by atoms with van der Waals surface area (Å²) in [7, 11) is 2.02. The summed E-state index contributed by atoms with van der Waals surface area (Å²) in [5.41, 5.74) is 4.60. The molecule has 0 aliphatic rings. The first kappa shape index (κ1) is 14.5. The molecule has 4 heteroatoms. The lowest BCUT2D eigenvalue weighted by Crippen LogP contribution is -2.15. The minimum absolute atomic E-state index is 0.761. The van der Waals surface area contributed by atoms with Crippen molar-refractivity contribution in [2.75, 3.05) is 18.5 Å². The van der Waals surface area contributed by atoms with Crippen LogP contribution in [-0.4, -0.2) is 23.6 Å². The first-order chi connectivity index (χ1) is 9.60. The van der Waals surface area contributed by atoms with Crippen LogP contribution in [0.25, 0.3) is 0 Å². The summed E-state index contributed by atoms with van der Waals surface area (Å²) >= 11 is 0. The number of benzene rings is 1. The normalized spacial score (nSPS) is 10.6. The quantitative estimate of drug-likeness (QED) is 0.907. The van der Waals surface area contributed by atoms with Crippen LogP contribution < -0.4 is 10.2 Å². The Labute approximate surface area is 120 Å². The van der Waals surface area contributed by atoms with Crippen molar-refractivity contribution in [1.82, 2.24) is 15.3 Å². The first-order valence-electron chi connectivity index (χ1n) is 6.94. The van der Waals surface area contributed by atoms with Crippen molar-refractivity contribution in [3.8, 4) is 0 Å². The Hall–Kier alpha value is -1.94. The third-order valence-corrected chi connectivity index (χ3v) is 3.19. The molecule has 0 aliphatic carbocycles. The van der Waals surface area contributed by atoms with E-state index in [9.17, 15) is 0 Å². The van der Waals surface area contributed by atoms with Crippen molar-refractivity contribution in [3.63, 3.8) is 0 Å². The topological polar surface area (TPSA) is 41.1 Å². The SMILES string of the molecule is CCNCc1cnc(N(C)c2cc(C)cc(C)c2)cn1. The maximum atomic E-state index is 4.49. The Morgan fingerprint density at radius 3 is 2.30 bits per heavy atom. The Bertz CT molecular complexity index is 543. The van der Waals surface area contributed by atoms with E-state index in [4.69, 9.17) is 0 Å². The molecular formula is C16H22N4. The van der Waals surface area contributed by atoms with Crippen LogP contribution in [0.15, 0.2) is 30.6 Å². The number of aromatic nitrogens is 2. The van der Waals surface area contributed by atoms with Gasteiger partial charge in [-0.1, -0.05) is 13.0 Å². The smallest absolute Gasteiger partial charge is 0.151 e. The fourth-order valence-corrected chi connectivity index (χ4v) is 2.14. The third-order valence-electron chi connectivity index (χ3n) is 3.19. The molecule has 0 saturated heterocycles. The number of aryl methyl sites for hydroxylation is 2. The highest BCUT2D eigenvalue weighted by Crippen LogP contribution is 2.23. The van der Waals surface area contributed by atoms with E-state index in [2.05, 4.69) is 59.2 Å². The van der Waals surface area contributed by atoms with Gasteiger partial charge in [0.25, 0.3) is 0 Å². The van der Waals surface area contributed by atoms with Crippen LogP contribution in [0.1, 0.15) is 23.7 Å². The van der Waals surface area contributed by atoms with Gasteiger partial charge < -0.3 is 10.2 Å². The van der Waals surface area contributed by atoms with Gasteiger partial charge in [0.15, 0.2) is 5.82 Å². The molecule has 1 aromatic heterocycles. The fraction of sp³-hybridized carbons (Fsp3) is 0.375. The standard InChI is InChI=1S/C16H22N4/c1-5-17-9-14-10-19-16(11-18-14)20(4)15-7-12(2)6-13(3)8-15/h6-8,10-11,17H,5,9H2,1-4H3. The molecule has 106 valence electrons. The van der Waals surface area contributed by atoms with Crippen LogP contribution in [0.5, 0.6) is 0 Å². The summed E-state index contributed by atoms with van der Waals surface area (Å²) in [4.78, 5) is 11.0. The Balaban J connectivity index is 2.17. The maximum Gasteiger partial charge on any atom is 0.151 e. The lowest BCUT2D eigenvalue weighted by Gasteiger charge is -2.19. The van der Waals surface area contributed by atoms with E-state index in [1.165, 1.54) is 11.1 Å². The van der Waals surface area contributed by atoms with Crippen LogP contribution in [0.2, 0.25) is 0 Å². The van der Waals surface area contributed by atoms with Crippen molar-refractivity contribution in [2.24, 2.45) is 0 Å². The van der Waals surface area contributed by atoms with Gasteiger partial charge in [0.05, 0.1) is 18.1 Å². The zero-order chi connectivity index (χ0) is 14.5. The molecule has 1 N–H and O–H groups in total. The Kier molecular flexibility index (Phi) is 4.69. The van der Waals surface area contributed by atoms with Crippen LogP contribution in [0.4, 0.5) is 11.5 Å². The molecule has 0 radical (unpaired) electrons. The van der Waals surface area contributed by atoms with Gasteiger partial charge in [-0.15, -0.1) is 0 Å². The minimum Gasteiger partial charge on any atom is -0.328 e. The van der Waals surface area contributed by atoms with Crippen LogP contribution in [0, 0.1) is 13.8 Å². The molecule has 0 unspecified atom stereocenters. The Morgan fingerprint density at radius 2 is 1.75 bits per heavy atom. The second-order valence-corrected chi connectivity index (χ2v) is 5.05. The summed E-state index contributed by atoms with van der Waals surface area (Å²) in [6.45, 7) is 7.99. The molecular weight excluding hydrogens is 248 g/mol. The van der Waals surface area contributed by atoms with Gasteiger partial charge >= 0.3 is 0 Å².